The van der Waals surface area contributed by atoms with E-state index >= 15 is 0 Å². The lowest BCUT2D eigenvalue weighted by molar-refractivity contribution is -0.119. The summed E-state index contributed by atoms with van der Waals surface area (Å²) in [6.07, 6.45) is 9.06. The number of rotatable bonds is 6. The molecule has 2 aliphatic heterocycles. The Bertz CT molecular complexity index is 1520. The Morgan fingerprint density at radius 1 is 1.05 bits per heavy atom. The predicted octanol–water partition coefficient (Wildman–Crippen LogP) is 3.21. The number of likely N-dealkylation sites (N-methyl/N-ethyl adjacent to an activating group) is 1. The fourth-order valence-corrected chi connectivity index (χ4v) is 7.40. The van der Waals surface area contributed by atoms with Crippen LogP contribution in [-0.2, 0) is 27.0 Å². The summed E-state index contributed by atoms with van der Waals surface area (Å²) in [7, 11) is 6.09. The van der Waals surface area contributed by atoms with Crippen LogP contribution in [0.15, 0.2) is 36.7 Å². The number of pyridine rings is 2. The average Bonchev–Trinajstić information content (AvgIpc) is 3.87. The molecule has 1 amide bonds. The van der Waals surface area contributed by atoms with Gasteiger partial charge in [0.15, 0.2) is 0 Å². The minimum atomic E-state index is -2.37. The second kappa shape index (κ2) is 8.79. The van der Waals surface area contributed by atoms with Gasteiger partial charge in [0.2, 0.25) is 5.91 Å². The molecular formula is C29H33N6O3S-. The maximum atomic E-state index is 13.1. The molecule has 4 aliphatic rings. The minimum absolute atomic E-state index is 0.163. The van der Waals surface area contributed by atoms with Gasteiger partial charge in [-0.2, -0.15) is 0 Å². The quantitative estimate of drug-likeness (QED) is 0.475. The van der Waals surface area contributed by atoms with Crippen molar-refractivity contribution in [1.29, 1.82) is 0 Å². The van der Waals surface area contributed by atoms with Crippen LogP contribution < -0.4 is 14.5 Å². The molecule has 1 aromatic carbocycles. The first-order valence-corrected chi connectivity index (χ1v) is 14.8. The number of fused-ring (bicyclic) bond motifs is 4. The van der Waals surface area contributed by atoms with E-state index < -0.39 is 22.2 Å². The van der Waals surface area contributed by atoms with Gasteiger partial charge in [0.25, 0.3) is 0 Å². The molecule has 0 radical (unpaired) electrons. The van der Waals surface area contributed by atoms with Gasteiger partial charge in [-0.15, -0.1) is 0 Å². The zero-order chi connectivity index (χ0) is 27.1. The number of carbonyl (C=O) groups excluding carboxylic acids is 1. The number of carbonyl (C=O) groups is 1. The Morgan fingerprint density at radius 3 is 2.44 bits per heavy atom. The molecule has 4 heterocycles. The fourth-order valence-electron chi connectivity index (χ4n) is 6.77. The molecule has 2 saturated carbocycles. The van der Waals surface area contributed by atoms with Crippen LogP contribution in [0.2, 0.25) is 0 Å². The molecule has 7 rings (SSSR count). The SMILES string of the molecule is CN1C(=O)C2(CC2)c2c1cnc1ccc(-c3cnc(N4CCC(N(C)C)CC4)c(C4(NS(=O)[O-])CC4)c3)cc21. The Labute approximate surface area is 231 Å². The molecular weight excluding hydrogens is 512 g/mol. The third-order valence-corrected chi connectivity index (χ3v) is 9.95. The molecule has 39 heavy (non-hydrogen) atoms. The van der Waals surface area contributed by atoms with Crippen molar-refractivity contribution in [3.63, 3.8) is 0 Å². The third-order valence-electron chi connectivity index (χ3n) is 9.39. The molecule has 2 aliphatic carbocycles. The van der Waals surface area contributed by atoms with Gasteiger partial charge in [-0.25, -0.2) is 9.71 Å². The van der Waals surface area contributed by atoms with Crippen molar-refractivity contribution in [1.82, 2.24) is 19.6 Å². The van der Waals surface area contributed by atoms with Crippen molar-refractivity contribution in [3.05, 3.63) is 47.8 Å². The number of anilines is 2. The van der Waals surface area contributed by atoms with E-state index in [0.29, 0.717) is 6.04 Å². The number of nitrogens with one attached hydrogen (secondary N) is 1. The van der Waals surface area contributed by atoms with Crippen LogP contribution in [-0.4, -0.2) is 69.8 Å². The van der Waals surface area contributed by atoms with Crippen molar-refractivity contribution in [2.24, 2.45) is 0 Å². The fraction of sp³-hybridized carbons (Fsp3) is 0.483. The van der Waals surface area contributed by atoms with Crippen molar-refractivity contribution in [3.8, 4) is 11.1 Å². The van der Waals surface area contributed by atoms with Crippen molar-refractivity contribution in [2.45, 2.75) is 55.5 Å². The summed E-state index contributed by atoms with van der Waals surface area (Å²) < 4.78 is 26.4. The van der Waals surface area contributed by atoms with Gasteiger partial charge in [-0.3, -0.25) is 14.0 Å². The molecule has 1 N–H and O–H groups in total. The predicted molar refractivity (Wildman–Crippen MR) is 151 cm³/mol. The molecule has 1 saturated heterocycles. The topological polar surface area (TPSA) is 105 Å². The van der Waals surface area contributed by atoms with E-state index in [4.69, 9.17) is 4.98 Å². The van der Waals surface area contributed by atoms with Crippen molar-refractivity contribution in [2.75, 3.05) is 44.0 Å². The number of piperidine rings is 1. The molecule has 1 unspecified atom stereocenters. The Balaban J connectivity index is 1.31. The van der Waals surface area contributed by atoms with Gasteiger partial charge >= 0.3 is 0 Å². The van der Waals surface area contributed by atoms with Gasteiger partial charge in [0.05, 0.1) is 28.4 Å². The number of hydrogen-bond donors (Lipinski definition) is 1. The standard InChI is InChI=1S/C29H34N6O3S/c1-33(2)20-6-12-35(13-7-20)26-22(29(10-11-29)32-39(37)38)15-19(16-31-26)18-4-5-23-21(14-18)25-24(17-30-23)34(3)27(36)28(25)8-9-28/h4-5,14-17,20,32H,6-13H2,1-3H3,(H,37,38)/p-1. The second-order valence-electron chi connectivity index (χ2n) is 11.9. The van der Waals surface area contributed by atoms with Crippen molar-refractivity contribution < 1.29 is 13.6 Å². The molecule has 1 spiro atoms. The summed E-state index contributed by atoms with van der Waals surface area (Å²) in [5.74, 6) is 1.04. The molecule has 2 aromatic heterocycles. The zero-order valence-corrected chi connectivity index (χ0v) is 23.4. The number of amides is 1. The third kappa shape index (κ3) is 3.91. The number of hydrogen-bond acceptors (Lipinski definition) is 7. The lowest BCUT2D eigenvalue weighted by Crippen LogP contribution is -2.43. The van der Waals surface area contributed by atoms with Crippen LogP contribution in [0.5, 0.6) is 0 Å². The summed E-state index contributed by atoms with van der Waals surface area (Å²) in [6.45, 7) is 1.77. The molecule has 3 aromatic rings. The van der Waals surface area contributed by atoms with E-state index in [1.54, 1.807) is 4.90 Å². The minimum Gasteiger partial charge on any atom is -0.760 e. The van der Waals surface area contributed by atoms with Gasteiger partial charge in [0, 0.05) is 65.7 Å². The monoisotopic (exact) mass is 545 g/mol. The first-order chi connectivity index (χ1) is 18.7. The molecule has 9 nitrogen and oxygen atoms in total. The maximum absolute atomic E-state index is 13.1. The van der Waals surface area contributed by atoms with Gasteiger partial charge in [-0.05, 0) is 76.4 Å². The number of nitrogens with zero attached hydrogens (tertiary/aromatic N) is 5. The van der Waals surface area contributed by atoms with E-state index in [1.165, 1.54) is 0 Å². The van der Waals surface area contributed by atoms with Gasteiger partial charge < -0.3 is 19.3 Å². The number of aromatic nitrogens is 2. The highest BCUT2D eigenvalue weighted by Gasteiger charge is 2.59. The van der Waals surface area contributed by atoms with Gasteiger partial charge in [-0.1, -0.05) is 6.07 Å². The van der Waals surface area contributed by atoms with Crippen molar-refractivity contribution >= 4 is 39.6 Å². The van der Waals surface area contributed by atoms with E-state index in [2.05, 4.69) is 45.7 Å². The van der Waals surface area contributed by atoms with Crippen LogP contribution in [0.25, 0.3) is 22.0 Å². The summed E-state index contributed by atoms with van der Waals surface area (Å²) in [5.41, 5.74) is 4.71. The van der Waals surface area contributed by atoms with E-state index in [9.17, 15) is 13.6 Å². The molecule has 1 atom stereocenters. The smallest absolute Gasteiger partial charge is 0.237 e. The van der Waals surface area contributed by atoms with Crippen LogP contribution >= 0.6 is 0 Å². The zero-order valence-electron chi connectivity index (χ0n) is 22.6. The van der Waals surface area contributed by atoms with Crippen LogP contribution in [0.3, 0.4) is 0 Å². The van der Waals surface area contributed by atoms with Crippen LogP contribution in [0.4, 0.5) is 11.5 Å². The highest BCUT2D eigenvalue weighted by molar-refractivity contribution is 7.77. The normalized spacial score (nSPS) is 22.1. The average molecular weight is 546 g/mol. The Hall–Kier alpha value is -2.92. The first kappa shape index (κ1) is 25.1. The highest BCUT2D eigenvalue weighted by atomic mass is 32.2. The highest BCUT2D eigenvalue weighted by Crippen LogP contribution is 2.59. The van der Waals surface area contributed by atoms with E-state index in [0.717, 1.165) is 96.3 Å². The van der Waals surface area contributed by atoms with E-state index in [-0.39, 0.29) is 5.91 Å². The number of benzene rings is 1. The summed E-state index contributed by atoms with van der Waals surface area (Å²) in [5, 5.41) is 1.01. The first-order valence-electron chi connectivity index (χ1n) is 13.7. The lowest BCUT2D eigenvalue weighted by atomic mass is 9.92. The summed E-state index contributed by atoms with van der Waals surface area (Å²) in [4.78, 5) is 29.0. The molecule has 0 bridgehead atoms. The van der Waals surface area contributed by atoms with Crippen LogP contribution in [0, 0.1) is 0 Å². The Morgan fingerprint density at radius 2 is 1.79 bits per heavy atom. The Kier molecular flexibility index (Phi) is 5.65. The molecule has 10 heteroatoms. The maximum Gasteiger partial charge on any atom is 0.237 e. The van der Waals surface area contributed by atoms with Crippen LogP contribution in [0.1, 0.15) is 49.7 Å². The largest absolute Gasteiger partial charge is 0.760 e. The molecule has 3 fully saturated rings. The second-order valence-corrected chi connectivity index (χ2v) is 12.6. The van der Waals surface area contributed by atoms with Gasteiger partial charge in [0.1, 0.15) is 5.82 Å². The lowest BCUT2D eigenvalue weighted by Gasteiger charge is -2.37. The summed E-state index contributed by atoms with van der Waals surface area (Å²) in [6, 6.07) is 8.86. The summed E-state index contributed by atoms with van der Waals surface area (Å²) >= 11 is -2.37. The van der Waals surface area contributed by atoms with E-state index in [1.807, 2.05) is 31.6 Å². The molecule has 204 valence electrons.